The molecule has 0 bridgehead atoms. The van der Waals surface area contributed by atoms with Gasteiger partial charge in [0.15, 0.2) is 17.3 Å². The maximum Gasteiger partial charge on any atom is 0.419 e. The molecule has 0 amide bonds. The number of hydrogen-bond donors (Lipinski definition) is 3. The molecule has 3 N–H and O–H groups in total. The third-order valence-corrected chi connectivity index (χ3v) is 6.18. The Kier molecular flexibility index (Phi) is 6.18. The fourth-order valence-corrected chi connectivity index (χ4v) is 4.43. The Morgan fingerprint density at radius 1 is 1.03 bits per heavy atom. The van der Waals surface area contributed by atoms with Crippen molar-refractivity contribution < 1.29 is 14.6 Å². The first-order chi connectivity index (χ1) is 14.6. The number of aromatic nitrogens is 2. The predicted octanol–water partition coefficient (Wildman–Crippen LogP) is 3.23. The van der Waals surface area contributed by atoms with E-state index in [-0.39, 0.29) is 17.5 Å². The third kappa shape index (κ3) is 4.12. The fraction of sp³-hybridized carbons (Fsp3) is 0.522. The van der Waals surface area contributed by atoms with E-state index >= 15 is 0 Å². The summed E-state index contributed by atoms with van der Waals surface area (Å²) >= 11 is 0. The van der Waals surface area contributed by atoms with E-state index in [4.69, 9.17) is 4.42 Å². The minimum Gasteiger partial charge on any atom is -0.494 e. The van der Waals surface area contributed by atoms with Crippen molar-refractivity contribution in [2.45, 2.75) is 57.9 Å². The van der Waals surface area contributed by atoms with E-state index in [0.29, 0.717) is 12.1 Å². The van der Waals surface area contributed by atoms with Crippen molar-refractivity contribution in [3.63, 3.8) is 0 Å². The van der Waals surface area contributed by atoms with Gasteiger partial charge in [-0.25, -0.2) is 4.79 Å². The van der Waals surface area contributed by atoms with E-state index in [0.717, 1.165) is 81.1 Å². The zero-order valence-electron chi connectivity index (χ0n) is 17.6. The van der Waals surface area contributed by atoms with Gasteiger partial charge in [-0.2, -0.15) is 0 Å². The minimum atomic E-state index is -0.322. The highest BCUT2D eigenvalue weighted by molar-refractivity contribution is 5.73. The molecule has 2 heterocycles. The molecule has 0 saturated carbocycles. The predicted molar refractivity (Wildman–Crippen MR) is 116 cm³/mol. The Morgan fingerprint density at radius 2 is 1.73 bits per heavy atom. The van der Waals surface area contributed by atoms with Gasteiger partial charge in [-0.1, -0.05) is 6.07 Å². The standard InChI is InChI=1S/C23H31N3O4/c1-25-19-11-10-16(15-20(19)30-23(25)29)7-2-3-12-24-13-4-5-14-26-21(27)17-8-6-9-18(17)22(26)28/h10-11,15,24,27-28H,2-9,12-14H2,1H3. The number of benzene rings is 1. The van der Waals surface area contributed by atoms with Crippen molar-refractivity contribution in [2.24, 2.45) is 7.05 Å². The lowest BCUT2D eigenvalue weighted by molar-refractivity contribution is 0.357. The summed E-state index contributed by atoms with van der Waals surface area (Å²) in [4.78, 5) is 11.6. The van der Waals surface area contributed by atoms with E-state index < -0.39 is 0 Å². The number of aryl methyl sites for hydroxylation is 2. The van der Waals surface area contributed by atoms with Gasteiger partial charge in [-0.15, -0.1) is 0 Å². The van der Waals surface area contributed by atoms with Crippen LogP contribution in [0.5, 0.6) is 11.8 Å². The van der Waals surface area contributed by atoms with Gasteiger partial charge in [-0.05, 0) is 82.2 Å². The summed E-state index contributed by atoms with van der Waals surface area (Å²) in [6, 6.07) is 5.97. The molecule has 0 saturated heterocycles. The van der Waals surface area contributed by atoms with Crippen molar-refractivity contribution in [2.75, 3.05) is 13.1 Å². The van der Waals surface area contributed by atoms with E-state index in [1.807, 2.05) is 12.1 Å². The van der Waals surface area contributed by atoms with Gasteiger partial charge in [0.05, 0.1) is 5.52 Å². The highest BCUT2D eigenvalue weighted by Gasteiger charge is 2.25. The molecular formula is C23H31N3O4. The molecule has 162 valence electrons. The van der Waals surface area contributed by atoms with Gasteiger partial charge >= 0.3 is 5.76 Å². The van der Waals surface area contributed by atoms with Gasteiger partial charge < -0.3 is 19.9 Å². The molecule has 7 heteroatoms. The van der Waals surface area contributed by atoms with Gasteiger partial charge in [0.25, 0.3) is 0 Å². The summed E-state index contributed by atoms with van der Waals surface area (Å²) < 4.78 is 8.43. The number of nitrogens with one attached hydrogen (secondary N) is 1. The summed E-state index contributed by atoms with van der Waals surface area (Å²) in [6.45, 7) is 2.56. The molecule has 0 fully saturated rings. The van der Waals surface area contributed by atoms with Crippen LogP contribution < -0.4 is 11.1 Å². The topological polar surface area (TPSA) is 92.6 Å². The van der Waals surface area contributed by atoms with Crippen molar-refractivity contribution in [3.05, 3.63) is 45.4 Å². The molecule has 1 aromatic carbocycles. The molecule has 30 heavy (non-hydrogen) atoms. The second kappa shape index (κ2) is 9.00. The zero-order valence-corrected chi connectivity index (χ0v) is 17.6. The Labute approximate surface area is 175 Å². The number of unbranched alkanes of at least 4 members (excludes halogenated alkanes) is 2. The lowest BCUT2D eigenvalue weighted by Crippen LogP contribution is -2.17. The van der Waals surface area contributed by atoms with E-state index in [1.54, 1.807) is 11.6 Å². The summed E-state index contributed by atoms with van der Waals surface area (Å²) in [5, 5.41) is 24.0. The van der Waals surface area contributed by atoms with Crippen molar-refractivity contribution in [1.29, 1.82) is 0 Å². The van der Waals surface area contributed by atoms with Crippen LogP contribution in [0.1, 0.15) is 48.8 Å². The third-order valence-electron chi connectivity index (χ3n) is 6.18. The molecule has 1 aliphatic rings. The second-order valence-corrected chi connectivity index (χ2v) is 8.25. The molecule has 2 aromatic heterocycles. The first kappa shape index (κ1) is 20.6. The van der Waals surface area contributed by atoms with Crippen molar-refractivity contribution in [3.8, 4) is 11.8 Å². The van der Waals surface area contributed by atoms with Crippen LogP contribution in [0.2, 0.25) is 0 Å². The Morgan fingerprint density at radius 3 is 2.47 bits per heavy atom. The molecule has 3 aromatic rings. The maximum absolute atomic E-state index is 11.6. The number of hydrogen-bond acceptors (Lipinski definition) is 5. The van der Waals surface area contributed by atoms with Gasteiger partial charge in [0, 0.05) is 24.7 Å². The summed E-state index contributed by atoms with van der Waals surface area (Å²) in [7, 11) is 1.72. The first-order valence-corrected chi connectivity index (χ1v) is 11.0. The molecule has 0 spiro atoms. The monoisotopic (exact) mass is 413 g/mol. The number of oxazole rings is 1. The smallest absolute Gasteiger partial charge is 0.419 e. The molecule has 1 aliphatic carbocycles. The Hall–Kier alpha value is -2.67. The van der Waals surface area contributed by atoms with Gasteiger partial charge in [0.1, 0.15) is 0 Å². The molecule has 0 atom stereocenters. The number of rotatable bonds is 10. The van der Waals surface area contributed by atoms with Gasteiger partial charge in [-0.3, -0.25) is 9.13 Å². The Balaban J connectivity index is 1.10. The lowest BCUT2D eigenvalue weighted by atomic mass is 10.1. The molecule has 0 unspecified atom stereocenters. The highest BCUT2D eigenvalue weighted by atomic mass is 16.4. The van der Waals surface area contributed by atoms with Crippen LogP contribution >= 0.6 is 0 Å². The van der Waals surface area contributed by atoms with E-state index in [2.05, 4.69) is 11.4 Å². The fourth-order valence-electron chi connectivity index (χ4n) is 4.43. The molecular weight excluding hydrogens is 382 g/mol. The quantitative estimate of drug-likeness (QED) is 0.444. The molecule has 0 aliphatic heterocycles. The molecule has 7 nitrogen and oxygen atoms in total. The molecule has 4 rings (SSSR count). The summed E-state index contributed by atoms with van der Waals surface area (Å²) in [5.74, 6) is 0.208. The van der Waals surface area contributed by atoms with Crippen LogP contribution in [-0.4, -0.2) is 32.4 Å². The zero-order chi connectivity index (χ0) is 21.1. The molecule has 0 radical (unpaired) electrons. The van der Waals surface area contributed by atoms with E-state index in [1.165, 1.54) is 10.1 Å². The largest absolute Gasteiger partial charge is 0.494 e. The SMILES string of the molecule is Cn1c(=O)oc2cc(CCCCNCCCCn3c(O)c4c(c3O)CCC4)ccc21. The van der Waals surface area contributed by atoms with Crippen molar-refractivity contribution in [1.82, 2.24) is 14.5 Å². The maximum atomic E-state index is 11.6. The lowest BCUT2D eigenvalue weighted by Gasteiger charge is -2.09. The van der Waals surface area contributed by atoms with Crippen LogP contribution in [0.3, 0.4) is 0 Å². The minimum absolute atomic E-state index is 0.265. The van der Waals surface area contributed by atoms with Crippen molar-refractivity contribution >= 4 is 11.1 Å². The number of nitrogens with zero attached hydrogens (tertiary/aromatic N) is 2. The average molecular weight is 414 g/mol. The number of fused-ring (bicyclic) bond motifs is 2. The van der Waals surface area contributed by atoms with Crippen LogP contribution in [0.4, 0.5) is 0 Å². The van der Waals surface area contributed by atoms with Crippen LogP contribution in [0, 0.1) is 0 Å². The summed E-state index contributed by atoms with van der Waals surface area (Å²) in [5.41, 5.74) is 4.56. The summed E-state index contributed by atoms with van der Waals surface area (Å²) in [6.07, 6.45) is 7.82. The normalized spacial score (nSPS) is 13.4. The Bertz CT molecular complexity index is 1050. The second-order valence-electron chi connectivity index (χ2n) is 8.25. The van der Waals surface area contributed by atoms with Gasteiger partial charge in [0.2, 0.25) is 0 Å². The van der Waals surface area contributed by atoms with Crippen LogP contribution in [-0.2, 0) is 32.9 Å². The van der Waals surface area contributed by atoms with Crippen LogP contribution in [0.15, 0.2) is 27.4 Å². The van der Waals surface area contributed by atoms with Crippen LogP contribution in [0.25, 0.3) is 11.1 Å². The first-order valence-electron chi connectivity index (χ1n) is 11.0. The highest BCUT2D eigenvalue weighted by Crippen LogP contribution is 2.39. The average Bonchev–Trinajstić information content (AvgIpc) is 3.39. The number of aromatic hydroxyl groups is 2. The van der Waals surface area contributed by atoms with E-state index in [9.17, 15) is 15.0 Å².